The molecular weight excluding hydrogens is 251 g/mol. The molecule has 0 spiro atoms. The summed E-state index contributed by atoms with van der Waals surface area (Å²) in [6, 6.07) is 4.62. The fourth-order valence-corrected chi connectivity index (χ4v) is 1.60. The molecule has 0 radical (unpaired) electrons. The molecule has 0 fully saturated rings. The van der Waals surface area contributed by atoms with Gasteiger partial charge in [0.05, 0.1) is 12.5 Å². The number of hydrogen-bond acceptors (Lipinski definition) is 1. The normalized spacial score (nSPS) is 9.72. The van der Waals surface area contributed by atoms with Crippen molar-refractivity contribution < 1.29 is 9.13 Å². The first-order valence-corrected chi connectivity index (χ1v) is 6.78. The van der Waals surface area contributed by atoms with Gasteiger partial charge in [-0.3, -0.25) is 0 Å². The monoisotopic (exact) mass is 268 g/mol. The quantitative estimate of drug-likeness (QED) is 0.423. The van der Waals surface area contributed by atoms with Crippen molar-refractivity contribution in [2.75, 3.05) is 12.5 Å². The van der Waals surface area contributed by atoms with Gasteiger partial charge in [0.15, 0.2) is 11.6 Å². The molecule has 0 saturated heterocycles. The lowest BCUT2D eigenvalue weighted by Gasteiger charge is -2.07. The minimum Gasteiger partial charge on any atom is -0.490 e. The molecule has 0 heterocycles. The van der Waals surface area contributed by atoms with E-state index in [2.05, 4.69) is 18.8 Å². The maximum Gasteiger partial charge on any atom is 0.165 e. The predicted molar refractivity (Wildman–Crippen MR) is 73.6 cm³/mol. The predicted octanol–water partition coefficient (Wildman–Crippen LogP) is 4.38. The summed E-state index contributed by atoms with van der Waals surface area (Å²) in [5.41, 5.74) is 0.723. The molecule has 0 aliphatic carbocycles. The van der Waals surface area contributed by atoms with Crippen LogP contribution in [0, 0.1) is 17.7 Å². The van der Waals surface area contributed by atoms with E-state index in [1.165, 1.54) is 18.9 Å². The van der Waals surface area contributed by atoms with Crippen LogP contribution in [0.2, 0.25) is 0 Å². The summed E-state index contributed by atoms with van der Waals surface area (Å²) in [5.74, 6) is 5.77. The molecule has 0 atom stereocenters. The minimum atomic E-state index is -0.345. The molecule has 0 aliphatic rings. The maximum atomic E-state index is 13.5. The molecular formula is C15H18ClFO. The number of alkyl halides is 1. The van der Waals surface area contributed by atoms with E-state index in [4.69, 9.17) is 16.3 Å². The zero-order valence-electron chi connectivity index (χ0n) is 10.6. The Morgan fingerprint density at radius 1 is 1.28 bits per heavy atom. The fourth-order valence-electron chi connectivity index (χ4n) is 1.54. The first-order valence-electron chi connectivity index (χ1n) is 6.25. The Balaban J connectivity index is 2.53. The summed E-state index contributed by atoms with van der Waals surface area (Å²) in [5, 5.41) is 0. The third-order valence-corrected chi connectivity index (χ3v) is 2.62. The number of halogens is 2. The maximum absolute atomic E-state index is 13.5. The molecule has 0 amide bonds. The fraction of sp³-hybridized carbons (Fsp3) is 0.467. The average molecular weight is 269 g/mol. The molecule has 98 valence electrons. The smallest absolute Gasteiger partial charge is 0.165 e. The summed E-state index contributed by atoms with van der Waals surface area (Å²) < 4.78 is 18.9. The second kappa shape index (κ2) is 8.83. The molecule has 0 unspecified atom stereocenters. The number of hydrogen-bond donors (Lipinski definition) is 0. The van der Waals surface area contributed by atoms with Gasteiger partial charge in [0, 0.05) is 5.56 Å². The van der Waals surface area contributed by atoms with E-state index < -0.39 is 0 Å². The Hall–Kier alpha value is -1.20. The van der Waals surface area contributed by atoms with Crippen LogP contribution in [-0.2, 0) is 0 Å². The van der Waals surface area contributed by atoms with Crippen molar-refractivity contribution in [3.8, 4) is 17.6 Å². The molecule has 1 nitrogen and oxygen atoms in total. The minimum absolute atomic E-state index is 0.268. The third-order valence-electron chi connectivity index (χ3n) is 2.49. The van der Waals surface area contributed by atoms with Crippen LogP contribution in [0.1, 0.15) is 38.2 Å². The first-order chi connectivity index (χ1) is 8.77. The van der Waals surface area contributed by atoms with Gasteiger partial charge in [-0.15, -0.1) is 11.6 Å². The van der Waals surface area contributed by atoms with Crippen molar-refractivity contribution in [3.05, 3.63) is 29.6 Å². The summed E-state index contributed by atoms with van der Waals surface area (Å²) in [6.07, 6.45) is 4.43. The van der Waals surface area contributed by atoms with E-state index in [9.17, 15) is 4.39 Å². The molecule has 0 aromatic heterocycles. The number of ether oxygens (including phenoxy) is 1. The summed E-state index contributed by atoms with van der Waals surface area (Å²) >= 11 is 5.48. The Labute approximate surface area is 113 Å². The van der Waals surface area contributed by atoms with Crippen molar-refractivity contribution in [1.82, 2.24) is 0 Å². The van der Waals surface area contributed by atoms with Gasteiger partial charge >= 0.3 is 0 Å². The Bertz CT molecular complexity index is 420. The second-order valence-corrected chi connectivity index (χ2v) is 4.26. The van der Waals surface area contributed by atoms with Gasteiger partial charge in [0.2, 0.25) is 0 Å². The zero-order chi connectivity index (χ0) is 13.2. The molecule has 0 aliphatic heterocycles. The van der Waals surface area contributed by atoms with Gasteiger partial charge in [-0.25, -0.2) is 4.39 Å². The molecule has 1 aromatic carbocycles. The number of benzene rings is 1. The molecule has 0 bridgehead atoms. The van der Waals surface area contributed by atoms with E-state index in [1.807, 2.05) is 0 Å². The largest absolute Gasteiger partial charge is 0.490 e. The molecule has 0 saturated carbocycles. The van der Waals surface area contributed by atoms with Crippen molar-refractivity contribution in [2.45, 2.75) is 32.6 Å². The SMILES string of the molecule is CCCCCCOc1cc(C#CCCl)ccc1F. The van der Waals surface area contributed by atoms with Crippen LogP contribution in [-0.4, -0.2) is 12.5 Å². The summed E-state index contributed by atoms with van der Waals surface area (Å²) in [4.78, 5) is 0. The van der Waals surface area contributed by atoms with E-state index in [0.717, 1.165) is 18.4 Å². The lowest BCUT2D eigenvalue weighted by atomic mass is 10.2. The van der Waals surface area contributed by atoms with Crippen LogP contribution >= 0.6 is 11.6 Å². The lowest BCUT2D eigenvalue weighted by molar-refractivity contribution is 0.290. The first kappa shape index (κ1) is 14.9. The van der Waals surface area contributed by atoms with E-state index in [1.54, 1.807) is 12.1 Å². The van der Waals surface area contributed by atoms with Gasteiger partial charge in [-0.1, -0.05) is 38.0 Å². The van der Waals surface area contributed by atoms with Crippen molar-refractivity contribution >= 4 is 11.6 Å². The second-order valence-electron chi connectivity index (χ2n) is 3.99. The van der Waals surface area contributed by atoms with Crippen LogP contribution < -0.4 is 4.74 Å². The van der Waals surface area contributed by atoms with Crippen molar-refractivity contribution in [1.29, 1.82) is 0 Å². The molecule has 18 heavy (non-hydrogen) atoms. The molecule has 3 heteroatoms. The number of unbranched alkanes of at least 4 members (excludes halogenated alkanes) is 3. The highest BCUT2D eigenvalue weighted by atomic mass is 35.5. The standard InChI is InChI=1S/C15H18ClFO/c1-2-3-4-5-11-18-15-12-13(7-6-10-16)8-9-14(15)17/h8-9,12H,2-5,10-11H2,1H3. The lowest BCUT2D eigenvalue weighted by Crippen LogP contribution is -1.99. The molecule has 1 aromatic rings. The van der Waals surface area contributed by atoms with Gasteiger partial charge in [-0.05, 0) is 24.6 Å². The van der Waals surface area contributed by atoms with Crippen LogP contribution in [0.15, 0.2) is 18.2 Å². The summed E-state index contributed by atoms with van der Waals surface area (Å²) in [6.45, 7) is 2.70. The van der Waals surface area contributed by atoms with Gasteiger partial charge in [-0.2, -0.15) is 0 Å². The topological polar surface area (TPSA) is 9.23 Å². The van der Waals surface area contributed by atoms with Crippen molar-refractivity contribution in [3.63, 3.8) is 0 Å². The van der Waals surface area contributed by atoms with Gasteiger partial charge in [0.25, 0.3) is 0 Å². The Morgan fingerprint density at radius 2 is 2.11 bits per heavy atom. The summed E-state index contributed by atoms with van der Waals surface area (Å²) in [7, 11) is 0. The van der Waals surface area contributed by atoms with E-state index >= 15 is 0 Å². The van der Waals surface area contributed by atoms with Crippen LogP contribution in [0.25, 0.3) is 0 Å². The molecule has 0 N–H and O–H groups in total. The highest BCUT2D eigenvalue weighted by molar-refractivity contribution is 6.19. The Morgan fingerprint density at radius 3 is 2.83 bits per heavy atom. The van der Waals surface area contributed by atoms with Gasteiger partial charge < -0.3 is 4.74 Å². The zero-order valence-corrected chi connectivity index (χ0v) is 11.4. The average Bonchev–Trinajstić information content (AvgIpc) is 2.39. The highest BCUT2D eigenvalue weighted by Gasteiger charge is 2.03. The van der Waals surface area contributed by atoms with Crippen LogP contribution in [0.3, 0.4) is 0 Å². The van der Waals surface area contributed by atoms with Crippen molar-refractivity contribution in [2.24, 2.45) is 0 Å². The van der Waals surface area contributed by atoms with Gasteiger partial charge in [0.1, 0.15) is 0 Å². The number of rotatable bonds is 6. The van der Waals surface area contributed by atoms with E-state index in [-0.39, 0.29) is 17.4 Å². The Kier molecular flexibility index (Phi) is 7.29. The van der Waals surface area contributed by atoms with Crippen LogP contribution in [0.4, 0.5) is 4.39 Å². The van der Waals surface area contributed by atoms with Crippen LogP contribution in [0.5, 0.6) is 5.75 Å². The molecule has 1 rings (SSSR count). The highest BCUT2D eigenvalue weighted by Crippen LogP contribution is 2.18. The van der Waals surface area contributed by atoms with E-state index in [0.29, 0.717) is 6.61 Å². The third kappa shape index (κ3) is 5.42.